The van der Waals surface area contributed by atoms with Gasteiger partial charge >= 0.3 is 0 Å². The lowest BCUT2D eigenvalue weighted by Gasteiger charge is -2.13. The summed E-state index contributed by atoms with van der Waals surface area (Å²) in [6.07, 6.45) is 37.0. The molecule has 0 spiro atoms. The molecule has 0 N–H and O–H groups in total. The quantitative estimate of drug-likeness (QED) is 0.0667. The van der Waals surface area contributed by atoms with Crippen molar-refractivity contribution in [3.8, 4) is 0 Å². The van der Waals surface area contributed by atoms with E-state index in [1.54, 1.807) is 0 Å². The maximum absolute atomic E-state index is 4.85. The minimum Gasteiger partial charge on any atom is -0.175 e. The lowest BCUT2D eigenvalue weighted by atomic mass is 10.0. The lowest BCUT2D eigenvalue weighted by molar-refractivity contribution is 0.539. The zero-order valence-corrected chi connectivity index (χ0v) is 26.9. The van der Waals surface area contributed by atoms with Crippen LogP contribution in [0.15, 0.2) is 0 Å². The molecule has 0 rings (SSSR count). The van der Waals surface area contributed by atoms with Gasteiger partial charge in [0.05, 0.1) is 0 Å². The van der Waals surface area contributed by atoms with E-state index in [0.717, 1.165) is 0 Å². The summed E-state index contributed by atoms with van der Waals surface area (Å²) in [5.74, 6) is 2.41. The van der Waals surface area contributed by atoms with E-state index >= 15 is 0 Å². The minimum atomic E-state index is 0.579. The second kappa shape index (κ2) is 31.3. The van der Waals surface area contributed by atoms with Gasteiger partial charge in [0.2, 0.25) is 0 Å². The summed E-state index contributed by atoms with van der Waals surface area (Å²) < 4.78 is 0. The molecule has 2 atom stereocenters. The Balaban J connectivity index is 3.27. The highest BCUT2D eigenvalue weighted by atomic mass is 32.2. The fraction of sp³-hybridized carbons (Fsp3) is 1.00. The van der Waals surface area contributed by atoms with Crippen LogP contribution in [0.25, 0.3) is 0 Å². The molecule has 212 valence electrons. The van der Waals surface area contributed by atoms with Crippen LogP contribution in [0.4, 0.5) is 0 Å². The number of hydrogen-bond donors (Lipinski definition) is 2. The van der Waals surface area contributed by atoms with Crippen molar-refractivity contribution >= 4 is 37.0 Å². The van der Waals surface area contributed by atoms with E-state index in [0.29, 0.717) is 10.5 Å². The molecule has 0 aromatic carbocycles. The first-order chi connectivity index (χ1) is 17.2. The van der Waals surface area contributed by atoms with Crippen molar-refractivity contribution in [3.05, 3.63) is 0 Å². The van der Waals surface area contributed by atoms with Crippen LogP contribution >= 0.6 is 37.0 Å². The minimum absolute atomic E-state index is 0.579. The van der Waals surface area contributed by atoms with Gasteiger partial charge in [-0.2, -0.15) is 37.0 Å². The summed E-state index contributed by atoms with van der Waals surface area (Å²) in [6, 6.07) is 0. The Morgan fingerprint density at radius 3 is 0.857 bits per heavy atom. The summed E-state index contributed by atoms with van der Waals surface area (Å²) >= 11 is 11.8. The highest BCUT2D eigenvalue weighted by molar-refractivity contribution is 8.00. The van der Waals surface area contributed by atoms with Gasteiger partial charge in [-0.25, -0.2) is 0 Å². The normalized spacial score (nSPS) is 13.4. The van der Waals surface area contributed by atoms with Gasteiger partial charge in [0, 0.05) is 22.0 Å². The summed E-state index contributed by atoms with van der Waals surface area (Å²) in [6.45, 7) is 4.60. The molecule has 0 aromatic rings. The Hall–Kier alpha value is 1.05. The molecular weight excluding hydrogens is 481 g/mol. The van der Waals surface area contributed by atoms with Gasteiger partial charge in [-0.3, -0.25) is 0 Å². The van der Waals surface area contributed by atoms with Crippen LogP contribution in [0.3, 0.4) is 0 Å². The van der Waals surface area contributed by atoms with Gasteiger partial charge < -0.3 is 0 Å². The molecule has 2 unspecified atom stereocenters. The molecule has 0 heterocycles. The third-order valence-corrected chi connectivity index (χ3v) is 10.1. The van der Waals surface area contributed by atoms with Gasteiger partial charge in [-0.15, -0.1) is 0 Å². The van der Waals surface area contributed by atoms with Crippen molar-refractivity contribution in [1.82, 2.24) is 0 Å². The largest absolute Gasteiger partial charge is 0.175 e. The van der Waals surface area contributed by atoms with Gasteiger partial charge in [0.15, 0.2) is 0 Å². The zero-order valence-electron chi connectivity index (χ0n) is 24.3. The van der Waals surface area contributed by atoms with Gasteiger partial charge in [-0.05, 0) is 12.8 Å². The summed E-state index contributed by atoms with van der Waals surface area (Å²) in [5, 5.41) is 1.16. The third kappa shape index (κ3) is 31.2. The van der Waals surface area contributed by atoms with Crippen molar-refractivity contribution in [2.24, 2.45) is 0 Å². The molecule has 0 saturated carbocycles. The molecule has 0 amide bonds. The van der Waals surface area contributed by atoms with Gasteiger partial charge in [0.25, 0.3) is 0 Å². The van der Waals surface area contributed by atoms with Crippen molar-refractivity contribution < 1.29 is 0 Å². The SMILES string of the molecule is CCCCCCCCCCCCCCC(S)CSCC(S)CCCCCCCCCCCCCC. The van der Waals surface area contributed by atoms with Crippen LogP contribution in [0.2, 0.25) is 0 Å². The second-order valence-corrected chi connectivity index (χ2v) is 13.7. The predicted octanol–water partition coefficient (Wildman–Crippen LogP) is 12.5. The Bertz CT molecular complexity index is 340. The van der Waals surface area contributed by atoms with E-state index in [-0.39, 0.29) is 0 Å². The molecule has 0 aromatic heterocycles. The summed E-state index contributed by atoms with van der Waals surface area (Å²) in [5.41, 5.74) is 0. The maximum Gasteiger partial charge on any atom is 0.0107 e. The fourth-order valence-corrected chi connectivity index (χ4v) is 6.96. The third-order valence-electron chi connectivity index (χ3n) is 7.40. The molecular formula is C32H66S3. The molecule has 35 heavy (non-hydrogen) atoms. The van der Waals surface area contributed by atoms with Crippen LogP contribution < -0.4 is 0 Å². The highest BCUT2D eigenvalue weighted by Crippen LogP contribution is 2.20. The average molecular weight is 547 g/mol. The molecule has 0 aliphatic heterocycles. The zero-order chi connectivity index (χ0) is 25.7. The number of unbranched alkanes of at least 4 members (excludes halogenated alkanes) is 22. The first-order valence-corrected chi connectivity index (χ1v) is 18.3. The predicted molar refractivity (Wildman–Crippen MR) is 174 cm³/mol. The van der Waals surface area contributed by atoms with Crippen LogP contribution in [0.1, 0.15) is 181 Å². The number of rotatable bonds is 30. The Labute approximate surface area is 238 Å². The standard InChI is InChI=1S/C32H66S3/c1-3-5-7-9-11-13-15-17-19-21-23-25-27-31(33)29-35-30-32(34)28-26-24-22-20-18-16-14-12-10-8-6-4-2/h31-34H,3-30H2,1-2H3. The number of hydrogen-bond acceptors (Lipinski definition) is 3. The van der Waals surface area contributed by atoms with Crippen LogP contribution in [0, 0.1) is 0 Å². The molecule has 0 aliphatic rings. The molecule has 0 fully saturated rings. The molecule has 0 nitrogen and oxygen atoms in total. The second-order valence-electron chi connectivity index (χ2n) is 11.2. The van der Waals surface area contributed by atoms with Gasteiger partial charge in [-0.1, -0.05) is 168 Å². The van der Waals surface area contributed by atoms with E-state index < -0.39 is 0 Å². The van der Waals surface area contributed by atoms with E-state index in [2.05, 4.69) is 25.6 Å². The van der Waals surface area contributed by atoms with Crippen molar-refractivity contribution in [2.45, 2.75) is 191 Å². The summed E-state index contributed by atoms with van der Waals surface area (Å²) in [4.78, 5) is 0. The van der Waals surface area contributed by atoms with E-state index in [9.17, 15) is 0 Å². The number of thiol groups is 2. The molecule has 3 heteroatoms. The molecule has 0 radical (unpaired) electrons. The molecule has 0 bridgehead atoms. The van der Waals surface area contributed by atoms with Crippen LogP contribution in [-0.2, 0) is 0 Å². The van der Waals surface area contributed by atoms with Crippen molar-refractivity contribution in [3.63, 3.8) is 0 Å². The van der Waals surface area contributed by atoms with E-state index in [1.165, 1.54) is 178 Å². The van der Waals surface area contributed by atoms with Crippen molar-refractivity contribution in [2.75, 3.05) is 11.5 Å². The van der Waals surface area contributed by atoms with Crippen molar-refractivity contribution in [1.29, 1.82) is 0 Å². The van der Waals surface area contributed by atoms with Crippen LogP contribution in [-0.4, -0.2) is 22.0 Å². The number of thioether (sulfide) groups is 1. The van der Waals surface area contributed by atoms with E-state index in [4.69, 9.17) is 25.3 Å². The maximum atomic E-state index is 4.85. The first kappa shape index (κ1) is 36.0. The van der Waals surface area contributed by atoms with Gasteiger partial charge in [0.1, 0.15) is 0 Å². The molecule has 0 aliphatic carbocycles. The Kier molecular flexibility index (Phi) is 32.2. The van der Waals surface area contributed by atoms with Crippen LogP contribution in [0.5, 0.6) is 0 Å². The van der Waals surface area contributed by atoms with E-state index in [1.807, 2.05) is 0 Å². The smallest absolute Gasteiger partial charge is 0.0107 e. The molecule has 0 saturated heterocycles. The Morgan fingerprint density at radius 2 is 0.600 bits per heavy atom. The average Bonchev–Trinajstić information content (AvgIpc) is 2.85. The fourth-order valence-electron chi connectivity index (χ4n) is 4.95. The topological polar surface area (TPSA) is 0 Å². The Morgan fingerprint density at radius 1 is 0.371 bits per heavy atom. The summed E-state index contributed by atoms with van der Waals surface area (Å²) in [7, 11) is 0. The lowest BCUT2D eigenvalue weighted by Crippen LogP contribution is -2.08. The monoisotopic (exact) mass is 546 g/mol. The first-order valence-electron chi connectivity index (χ1n) is 16.1. The highest BCUT2D eigenvalue weighted by Gasteiger charge is 2.07.